The quantitative estimate of drug-likeness (QED) is 0.695. The van der Waals surface area contributed by atoms with Gasteiger partial charge in [-0.1, -0.05) is 27.7 Å². The van der Waals surface area contributed by atoms with Crippen LogP contribution in [0.3, 0.4) is 0 Å². The van der Waals surface area contributed by atoms with Gasteiger partial charge in [0.15, 0.2) is 0 Å². The van der Waals surface area contributed by atoms with Gasteiger partial charge in [-0.05, 0) is 17.9 Å². The fraction of sp³-hybridized carbons (Fsp3) is 0.909. The van der Waals surface area contributed by atoms with Gasteiger partial charge in [0.2, 0.25) is 5.91 Å². The lowest BCUT2D eigenvalue weighted by Gasteiger charge is -2.21. The first-order valence-electron chi connectivity index (χ1n) is 5.38. The summed E-state index contributed by atoms with van der Waals surface area (Å²) >= 11 is 0. The Bertz CT molecular complexity index is 208. The molecule has 2 N–H and O–H groups in total. The van der Waals surface area contributed by atoms with Gasteiger partial charge in [0.05, 0.1) is 5.92 Å². The third-order valence-corrected chi connectivity index (χ3v) is 2.65. The summed E-state index contributed by atoms with van der Waals surface area (Å²) in [6, 6.07) is 0. The second kappa shape index (κ2) is 4.30. The molecule has 0 bridgehead atoms. The van der Waals surface area contributed by atoms with E-state index in [1.165, 1.54) is 0 Å². The van der Waals surface area contributed by atoms with Gasteiger partial charge in [-0.25, -0.2) is 0 Å². The molecule has 0 aromatic rings. The molecule has 0 aliphatic carbocycles. The van der Waals surface area contributed by atoms with E-state index >= 15 is 0 Å². The van der Waals surface area contributed by atoms with Crippen LogP contribution in [0.2, 0.25) is 0 Å². The van der Waals surface area contributed by atoms with Crippen molar-refractivity contribution in [3.8, 4) is 0 Å². The molecule has 0 aromatic heterocycles. The standard InChI is InChI=1S/C11H22N2O/c1-8-5-12-6-9(8)10(14)13-7-11(2,3)4/h8-9,12H,5-7H2,1-4H3,(H,13,14). The number of hydrogen-bond donors (Lipinski definition) is 2. The molecule has 0 aromatic carbocycles. The van der Waals surface area contributed by atoms with E-state index in [-0.39, 0.29) is 17.2 Å². The average Bonchev–Trinajstić information content (AvgIpc) is 2.46. The number of amides is 1. The smallest absolute Gasteiger partial charge is 0.224 e. The second-order valence-electron chi connectivity index (χ2n) is 5.52. The maximum atomic E-state index is 11.8. The van der Waals surface area contributed by atoms with Crippen LogP contribution in [0, 0.1) is 17.3 Å². The minimum Gasteiger partial charge on any atom is -0.355 e. The first kappa shape index (κ1) is 11.5. The van der Waals surface area contributed by atoms with Crippen molar-refractivity contribution in [1.29, 1.82) is 0 Å². The largest absolute Gasteiger partial charge is 0.355 e. The maximum Gasteiger partial charge on any atom is 0.224 e. The third kappa shape index (κ3) is 3.29. The Labute approximate surface area is 86.6 Å². The number of nitrogens with one attached hydrogen (secondary N) is 2. The molecule has 0 spiro atoms. The lowest BCUT2D eigenvalue weighted by Crippen LogP contribution is -2.38. The Balaban J connectivity index is 2.35. The van der Waals surface area contributed by atoms with E-state index in [9.17, 15) is 4.79 Å². The van der Waals surface area contributed by atoms with Crippen molar-refractivity contribution in [2.45, 2.75) is 27.7 Å². The van der Waals surface area contributed by atoms with E-state index in [2.05, 4.69) is 38.3 Å². The van der Waals surface area contributed by atoms with Crippen LogP contribution < -0.4 is 10.6 Å². The minimum atomic E-state index is 0.164. The summed E-state index contributed by atoms with van der Waals surface area (Å²) in [5.41, 5.74) is 0.172. The van der Waals surface area contributed by atoms with Crippen molar-refractivity contribution in [2.75, 3.05) is 19.6 Å². The highest BCUT2D eigenvalue weighted by molar-refractivity contribution is 5.79. The summed E-state index contributed by atoms with van der Waals surface area (Å²) in [5, 5.41) is 6.26. The normalized spacial score (nSPS) is 27.7. The molecule has 1 saturated heterocycles. The van der Waals surface area contributed by atoms with Crippen molar-refractivity contribution < 1.29 is 4.79 Å². The van der Waals surface area contributed by atoms with Gasteiger partial charge in [-0.3, -0.25) is 4.79 Å². The number of carbonyl (C=O) groups excluding carboxylic acids is 1. The molecule has 2 atom stereocenters. The molecule has 0 radical (unpaired) electrons. The van der Waals surface area contributed by atoms with E-state index in [0.29, 0.717) is 5.92 Å². The van der Waals surface area contributed by atoms with Crippen LogP contribution >= 0.6 is 0 Å². The molecule has 1 rings (SSSR count). The molecule has 82 valence electrons. The molecule has 14 heavy (non-hydrogen) atoms. The highest BCUT2D eigenvalue weighted by Gasteiger charge is 2.29. The number of rotatable bonds is 2. The van der Waals surface area contributed by atoms with E-state index in [1.807, 2.05) is 0 Å². The fourth-order valence-electron chi connectivity index (χ4n) is 1.64. The Hall–Kier alpha value is -0.570. The van der Waals surface area contributed by atoms with Gasteiger partial charge in [-0.2, -0.15) is 0 Å². The lowest BCUT2D eigenvalue weighted by atomic mass is 9.94. The van der Waals surface area contributed by atoms with E-state index in [1.54, 1.807) is 0 Å². The Morgan fingerprint density at radius 1 is 1.43 bits per heavy atom. The molecule has 3 heteroatoms. The van der Waals surface area contributed by atoms with Crippen molar-refractivity contribution in [1.82, 2.24) is 10.6 Å². The van der Waals surface area contributed by atoms with Crippen LogP contribution in [0.25, 0.3) is 0 Å². The number of hydrogen-bond acceptors (Lipinski definition) is 2. The minimum absolute atomic E-state index is 0.164. The maximum absolute atomic E-state index is 11.8. The summed E-state index contributed by atoms with van der Waals surface area (Å²) in [4.78, 5) is 11.8. The van der Waals surface area contributed by atoms with Crippen LogP contribution in [-0.2, 0) is 4.79 Å². The summed E-state index contributed by atoms with van der Waals surface area (Å²) in [6.45, 7) is 11.1. The zero-order valence-electron chi connectivity index (χ0n) is 9.68. The summed E-state index contributed by atoms with van der Waals surface area (Å²) in [6.07, 6.45) is 0. The van der Waals surface area contributed by atoms with Gasteiger partial charge in [-0.15, -0.1) is 0 Å². The van der Waals surface area contributed by atoms with E-state index in [0.717, 1.165) is 19.6 Å². The molecule has 3 nitrogen and oxygen atoms in total. The van der Waals surface area contributed by atoms with Crippen molar-refractivity contribution in [3.05, 3.63) is 0 Å². The molecular weight excluding hydrogens is 176 g/mol. The summed E-state index contributed by atoms with van der Waals surface area (Å²) in [7, 11) is 0. The van der Waals surface area contributed by atoms with Crippen LogP contribution in [0.15, 0.2) is 0 Å². The highest BCUT2D eigenvalue weighted by atomic mass is 16.1. The van der Waals surface area contributed by atoms with Gasteiger partial charge >= 0.3 is 0 Å². The molecule has 1 aliphatic rings. The van der Waals surface area contributed by atoms with E-state index < -0.39 is 0 Å². The van der Waals surface area contributed by atoms with Crippen molar-refractivity contribution >= 4 is 5.91 Å². The summed E-state index contributed by atoms with van der Waals surface area (Å²) < 4.78 is 0. The molecule has 1 amide bonds. The predicted molar refractivity (Wildman–Crippen MR) is 58.0 cm³/mol. The van der Waals surface area contributed by atoms with Gasteiger partial charge in [0.1, 0.15) is 0 Å². The highest BCUT2D eigenvalue weighted by Crippen LogP contribution is 2.17. The molecule has 1 fully saturated rings. The molecular formula is C11H22N2O. The van der Waals surface area contributed by atoms with Gasteiger partial charge in [0.25, 0.3) is 0 Å². The van der Waals surface area contributed by atoms with Gasteiger partial charge in [0, 0.05) is 13.1 Å². The zero-order chi connectivity index (χ0) is 10.8. The van der Waals surface area contributed by atoms with E-state index in [4.69, 9.17) is 0 Å². The molecule has 0 saturated carbocycles. The fourth-order valence-corrected chi connectivity index (χ4v) is 1.64. The molecule has 2 unspecified atom stereocenters. The van der Waals surface area contributed by atoms with Crippen molar-refractivity contribution in [3.63, 3.8) is 0 Å². The topological polar surface area (TPSA) is 41.1 Å². The number of carbonyl (C=O) groups is 1. The van der Waals surface area contributed by atoms with Gasteiger partial charge < -0.3 is 10.6 Å². The first-order valence-corrected chi connectivity index (χ1v) is 5.38. The first-order chi connectivity index (χ1) is 6.40. The average molecular weight is 198 g/mol. The van der Waals surface area contributed by atoms with Crippen LogP contribution in [-0.4, -0.2) is 25.5 Å². The van der Waals surface area contributed by atoms with Crippen LogP contribution in [0.4, 0.5) is 0 Å². The third-order valence-electron chi connectivity index (χ3n) is 2.65. The molecule has 1 aliphatic heterocycles. The monoisotopic (exact) mass is 198 g/mol. The lowest BCUT2D eigenvalue weighted by molar-refractivity contribution is -0.125. The molecule has 1 heterocycles. The Kier molecular flexibility index (Phi) is 3.53. The SMILES string of the molecule is CC1CNCC1C(=O)NCC(C)(C)C. The Morgan fingerprint density at radius 2 is 2.07 bits per heavy atom. The van der Waals surface area contributed by atoms with Crippen LogP contribution in [0.1, 0.15) is 27.7 Å². The van der Waals surface area contributed by atoms with Crippen LogP contribution in [0.5, 0.6) is 0 Å². The zero-order valence-corrected chi connectivity index (χ0v) is 9.68. The predicted octanol–water partition coefficient (Wildman–Crippen LogP) is 1.00. The Morgan fingerprint density at radius 3 is 2.50 bits per heavy atom. The summed E-state index contributed by atoms with van der Waals surface area (Å²) in [5.74, 6) is 0.838. The second-order valence-corrected chi connectivity index (χ2v) is 5.52. The van der Waals surface area contributed by atoms with Crippen molar-refractivity contribution in [2.24, 2.45) is 17.3 Å².